The van der Waals surface area contributed by atoms with Crippen LogP contribution < -0.4 is 4.89 Å². The highest BCUT2D eigenvalue weighted by atomic mass is 31.2. The second-order valence-electron chi connectivity index (χ2n) is 15.7. The zero-order valence-corrected chi connectivity index (χ0v) is 38.0. The molecule has 1 heterocycles. The van der Waals surface area contributed by atoms with Crippen LogP contribution in [0.5, 0.6) is 0 Å². The molecule has 0 aromatic rings. The average Bonchev–Trinajstić information content (AvgIpc) is 3.94. The Morgan fingerprint density at radius 2 is 1.10 bits per heavy atom. The number of quaternary nitrogens is 1. The summed E-state index contributed by atoms with van der Waals surface area (Å²) in [7, 11) is 1.08. The van der Waals surface area contributed by atoms with Crippen LogP contribution in [0.25, 0.3) is 0 Å². The molecule has 10 nitrogen and oxygen atoms in total. The number of unbranched alkanes of at least 4 members (excludes halogenated alkanes) is 5. The molecule has 334 valence electrons. The monoisotopic (exact) mass is 844 g/mol. The number of esters is 2. The summed E-state index contributed by atoms with van der Waals surface area (Å²) in [6.45, 7) is 3.85. The summed E-state index contributed by atoms with van der Waals surface area (Å²) < 4.78 is 39.5. The molecule has 0 spiro atoms. The quantitative estimate of drug-likeness (QED) is 0.0150. The van der Waals surface area contributed by atoms with Crippen molar-refractivity contribution in [2.45, 2.75) is 148 Å². The van der Waals surface area contributed by atoms with Crippen LogP contribution in [-0.4, -0.2) is 82.2 Å². The molecule has 0 bridgehead atoms. The van der Waals surface area contributed by atoms with Crippen LogP contribution in [0.1, 0.15) is 129 Å². The van der Waals surface area contributed by atoms with Crippen LogP contribution >= 0.6 is 7.82 Å². The fourth-order valence-electron chi connectivity index (χ4n) is 5.50. The lowest BCUT2D eigenvalue weighted by molar-refractivity contribution is -0.870. The number of carbonyl (C=O) groups is 2. The van der Waals surface area contributed by atoms with E-state index in [9.17, 15) is 19.0 Å². The first-order chi connectivity index (χ1) is 28.5. The Bertz CT molecular complexity index is 1390. The SMILES string of the molecule is CC/C=C\C/C=C\C/C=C\CCCCCCCC(=O)OC[C@H](COP(=O)([O-])OCC[N+](C)(C)C)OC(=O)CC/C=C\C/C=C\C/C=C\C/C=C\CC1OC1C/C=C\CC. The molecule has 4 atom stereocenters. The maximum atomic E-state index is 12.7. The minimum absolute atomic E-state index is 0.0552. The number of epoxide rings is 1. The van der Waals surface area contributed by atoms with Crippen molar-refractivity contribution in [3.8, 4) is 0 Å². The largest absolute Gasteiger partial charge is 0.756 e. The van der Waals surface area contributed by atoms with Gasteiger partial charge in [0.2, 0.25) is 0 Å². The van der Waals surface area contributed by atoms with Crippen molar-refractivity contribution < 1.29 is 46.8 Å². The molecular formula is C48H78NO9P. The van der Waals surface area contributed by atoms with E-state index < -0.39 is 32.5 Å². The molecule has 1 fully saturated rings. The summed E-state index contributed by atoms with van der Waals surface area (Å²) in [5.74, 6) is -0.968. The standard InChI is InChI=1S/C48H78NO9P/c1-6-8-10-11-12-13-14-15-16-17-21-24-27-30-34-38-47(50)54-42-44(43-56-59(52,53)55-41-40-49(3,4)5)57-48(51)39-35-31-28-25-22-19-18-20-23-26-29-33-37-46-45(58-46)36-32-9-7-2/h8-10,12-13,15-16,19-20,22-23,28-29,31-33,44-46H,6-7,11,14,17-18,21,24-27,30,34-43H2,1-5H3/b10-8-,13-12-,16-15-,22-19-,23-20-,31-28-,32-9-,33-29-/t44-,45?,46?/m1/s1. The maximum Gasteiger partial charge on any atom is 0.306 e. The molecule has 0 aromatic heterocycles. The molecule has 0 aliphatic carbocycles. The smallest absolute Gasteiger partial charge is 0.306 e. The van der Waals surface area contributed by atoms with Gasteiger partial charge in [0.25, 0.3) is 7.82 Å². The van der Waals surface area contributed by atoms with Gasteiger partial charge in [-0.25, -0.2) is 0 Å². The third-order valence-electron chi connectivity index (χ3n) is 9.02. The van der Waals surface area contributed by atoms with Gasteiger partial charge in [0.15, 0.2) is 6.10 Å². The van der Waals surface area contributed by atoms with E-state index in [1.54, 1.807) is 0 Å². The molecule has 0 saturated carbocycles. The molecule has 59 heavy (non-hydrogen) atoms. The lowest BCUT2D eigenvalue weighted by Gasteiger charge is -2.28. The lowest BCUT2D eigenvalue weighted by atomic mass is 10.1. The first-order valence-electron chi connectivity index (χ1n) is 22.1. The first-order valence-corrected chi connectivity index (χ1v) is 23.5. The molecule has 1 aliphatic rings. The number of carbonyl (C=O) groups excluding carboxylic acids is 2. The number of phosphoric ester groups is 1. The summed E-state index contributed by atoms with van der Waals surface area (Å²) in [5, 5.41) is 0. The van der Waals surface area contributed by atoms with Gasteiger partial charge in [-0.3, -0.25) is 14.2 Å². The van der Waals surface area contributed by atoms with Crippen molar-refractivity contribution in [3.63, 3.8) is 0 Å². The highest BCUT2D eigenvalue weighted by Crippen LogP contribution is 2.38. The summed E-state index contributed by atoms with van der Waals surface area (Å²) in [5.41, 5.74) is 0. The van der Waals surface area contributed by atoms with Gasteiger partial charge in [0.05, 0.1) is 40.0 Å². The van der Waals surface area contributed by atoms with E-state index in [4.69, 9.17) is 23.3 Å². The van der Waals surface area contributed by atoms with Gasteiger partial charge in [-0.1, -0.05) is 130 Å². The van der Waals surface area contributed by atoms with Crippen molar-refractivity contribution in [1.82, 2.24) is 0 Å². The second kappa shape index (κ2) is 35.6. The predicted molar refractivity (Wildman–Crippen MR) is 239 cm³/mol. The van der Waals surface area contributed by atoms with Crippen molar-refractivity contribution in [1.29, 1.82) is 0 Å². The zero-order valence-electron chi connectivity index (χ0n) is 37.1. The molecule has 1 aliphatic heterocycles. The van der Waals surface area contributed by atoms with Gasteiger partial charge < -0.3 is 32.6 Å². The minimum atomic E-state index is -4.66. The Kier molecular flexibility index (Phi) is 32.6. The lowest BCUT2D eigenvalue weighted by Crippen LogP contribution is -2.37. The summed E-state index contributed by atoms with van der Waals surface area (Å²) in [6, 6.07) is 0. The number of allylic oxidation sites excluding steroid dienone is 14. The van der Waals surface area contributed by atoms with Gasteiger partial charge in [0, 0.05) is 12.8 Å². The van der Waals surface area contributed by atoms with E-state index >= 15 is 0 Å². The van der Waals surface area contributed by atoms with E-state index in [2.05, 4.69) is 98.9 Å². The molecule has 0 aromatic carbocycles. The maximum absolute atomic E-state index is 12.7. The number of likely N-dealkylation sites (N-methyl/N-ethyl adjacent to an activating group) is 1. The first kappa shape index (κ1) is 53.9. The van der Waals surface area contributed by atoms with Crippen LogP contribution in [0.15, 0.2) is 97.2 Å². The molecule has 1 rings (SSSR count). The normalized spacial score (nSPS) is 17.9. The Labute approximate surface area is 358 Å². The average molecular weight is 844 g/mol. The van der Waals surface area contributed by atoms with Crippen LogP contribution in [0.4, 0.5) is 0 Å². The molecule has 1 saturated heterocycles. The van der Waals surface area contributed by atoms with Crippen molar-refractivity contribution >= 4 is 19.8 Å². The topological polar surface area (TPSA) is 124 Å². The molecular weight excluding hydrogens is 765 g/mol. The van der Waals surface area contributed by atoms with Crippen LogP contribution in [0, 0.1) is 0 Å². The van der Waals surface area contributed by atoms with Crippen molar-refractivity contribution in [3.05, 3.63) is 97.2 Å². The van der Waals surface area contributed by atoms with E-state index in [1.165, 1.54) is 0 Å². The van der Waals surface area contributed by atoms with Gasteiger partial charge in [0.1, 0.15) is 19.8 Å². The summed E-state index contributed by atoms with van der Waals surface area (Å²) in [6.07, 6.45) is 49.2. The van der Waals surface area contributed by atoms with Gasteiger partial charge in [-0.2, -0.15) is 0 Å². The number of hydrogen-bond acceptors (Lipinski definition) is 9. The van der Waals surface area contributed by atoms with Crippen LogP contribution in [0.2, 0.25) is 0 Å². The number of rotatable bonds is 37. The highest BCUT2D eigenvalue weighted by Gasteiger charge is 2.36. The van der Waals surface area contributed by atoms with E-state index in [-0.39, 0.29) is 26.1 Å². The molecule has 0 radical (unpaired) electrons. The predicted octanol–water partition coefficient (Wildman–Crippen LogP) is 10.9. The number of hydrogen-bond donors (Lipinski definition) is 0. The summed E-state index contributed by atoms with van der Waals surface area (Å²) >= 11 is 0. The Morgan fingerprint density at radius 3 is 1.69 bits per heavy atom. The summed E-state index contributed by atoms with van der Waals surface area (Å²) in [4.78, 5) is 37.5. The molecule has 11 heteroatoms. The highest BCUT2D eigenvalue weighted by molar-refractivity contribution is 7.45. The number of phosphoric acid groups is 1. The fraction of sp³-hybridized carbons (Fsp3) is 0.625. The zero-order chi connectivity index (χ0) is 43.3. The van der Waals surface area contributed by atoms with E-state index in [0.29, 0.717) is 36.1 Å². The third-order valence-corrected chi connectivity index (χ3v) is 9.98. The van der Waals surface area contributed by atoms with E-state index in [0.717, 1.165) is 89.9 Å². The fourth-order valence-corrected chi connectivity index (χ4v) is 6.23. The Morgan fingerprint density at radius 1 is 0.610 bits per heavy atom. The second-order valence-corrected chi connectivity index (χ2v) is 17.1. The van der Waals surface area contributed by atoms with Gasteiger partial charge in [-0.15, -0.1) is 0 Å². The van der Waals surface area contributed by atoms with Gasteiger partial charge >= 0.3 is 11.9 Å². The molecule has 0 amide bonds. The van der Waals surface area contributed by atoms with E-state index in [1.807, 2.05) is 33.3 Å². The number of ether oxygens (including phenoxy) is 3. The van der Waals surface area contributed by atoms with Gasteiger partial charge in [-0.05, 0) is 83.5 Å². The number of nitrogens with zero attached hydrogens (tertiary/aromatic N) is 1. The molecule has 0 N–H and O–H groups in total. The Balaban J connectivity index is 2.35. The third kappa shape index (κ3) is 36.5. The Hall–Kier alpha value is -3.11. The van der Waals surface area contributed by atoms with Crippen molar-refractivity contribution in [2.75, 3.05) is 47.5 Å². The minimum Gasteiger partial charge on any atom is -0.756 e. The molecule has 3 unspecified atom stereocenters. The van der Waals surface area contributed by atoms with Crippen LogP contribution in [-0.2, 0) is 37.4 Å². The van der Waals surface area contributed by atoms with Crippen molar-refractivity contribution in [2.24, 2.45) is 0 Å². The van der Waals surface area contributed by atoms with Crippen LogP contribution in [0.3, 0.4) is 0 Å².